The normalized spacial score (nSPS) is 10.7. The van der Waals surface area contributed by atoms with Crippen LogP contribution in [0, 0.1) is 11.3 Å². The lowest BCUT2D eigenvalue weighted by atomic mass is 10.1. The van der Waals surface area contributed by atoms with Crippen molar-refractivity contribution < 1.29 is 4.79 Å². The number of para-hydroxylation sites is 2. The molecular weight excluding hydrogens is 302 g/mol. The molecule has 0 spiro atoms. The van der Waals surface area contributed by atoms with Crippen LogP contribution in [0.3, 0.4) is 0 Å². The SMILES string of the molecule is CCc1cc(NCCNC(C)=O)n2c(nc3ccccc32)c1C#N. The molecule has 6 heteroatoms. The number of nitrogens with one attached hydrogen (secondary N) is 2. The number of aryl methyl sites for hydroxylation is 1. The number of hydrogen-bond donors (Lipinski definition) is 2. The summed E-state index contributed by atoms with van der Waals surface area (Å²) in [6.45, 7) is 4.65. The zero-order valence-electron chi connectivity index (χ0n) is 13.8. The van der Waals surface area contributed by atoms with Crippen LogP contribution in [0.5, 0.6) is 0 Å². The molecule has 0 radical (unpaired) electrons. The molecule has 122 valence electrons. The van der Waals surface area contributed by atoms with Crippen molar-refractivity contribution in [2.45, 2.75) is 20.3 Å². The van der Waals surface area contributed by atoms with Crippen LogP contribution in [-0.4, -0.2) is 28.4 Å². The van der Waals surface area contributed by atoms with E-state index in [9.17, 15) is 10.1 Å². The third-order valence-electron chi connectivity index (χ3n) is 3.96. The van der Waals surface area contributed by atoms with Gasteiger partial charge in [-0.1, -0.05) is 19.1 Å². The number of benzene rings is 1. The smallest absolute Gasteiger partial charge is 0.216 e. The second kappa shape index (κ2) is 6.59. The predicted molar refractivity (Wildman–Crippen MR) is 94.0 cm³/mol. The first-order valence-corrected chi connectivity index (χ1v) is 7.97. The van der Waals surface area contributed by atoms with E-state index in [1.54, 1.807) is 0 Å². The zero-order chi connectivity index (χ0) is 17.1. The fraction of sp³-hybridized carbons (Fsp3) is 0.278. The van der Waals surface area contributed by atoms with E-state index in [1.165, 1.54) is 6.92 Å². The Balaban J connectivity index is 2.12. The monoisotopic (exact) mass is 321 g/mol. The van der Waals surface area contributed by atoms with Crippen molar-refractivity contribution in [1.82, 2.24) is 14.7 Å². The Hall–Kier alpha value is -3.07. The Morgan fingerprint density at radius 3 is 2.83 bits per heavy atom. The minimum Gasteiger partial charge on any atom is -0.369 e. The van der Waals surface area contributed by atoms with Gasteiger partial charge in [-0.3, -0.25) is 9.20 Å². The second-order valence-electron chi connectivity index (χ2n) is 5.56. The van der Waals surface area contributed by atoms with Gasteiger partial charge >= 0.3 is 0 Å². The summed E-state index contributed by atoms with van der Waals surface area (Å²) in [5.74, 6) is 0.823. The molecular formula is C18H19N5O. The van der Waals surface area contributed by atoms with Crippen molar-refractivity contribution in [3.63, 3.8) is 0 Å². The average molecular weight is 321 g/mol. The molecule has 0 aliphatic rings. The number of nitriles is 1. The molecule has 0 saturated heterocycles. The Kier molecular flexibility index (Phi) is 4.34. The van der Waals surface area contributed by atoms with Gasteiger partial charge in [-0.05, 0) is 30.2 Å². The summed E-state index contributed by atoms with van der Waals surface area (Å²) in [5, 5.41) is 15.7. The third-order valence-corrected chi connectivity index (χ3v) is 3.96. The van der Waals surface area contributed by atoms with Crippen molar-refractivity contribution >= 4 is 28.4 Å². The molecule has 24 heavy (non-hydrogen) atoms. The van der Waals surface area contributed by atoms with Crippen molar-refractivity contribution in [3.8, 4) is 6.07 Å². The lowest BCUT2D eigenvalue weighted by Crippen LogP contribution is -2.26. The van der Waals surface area contributed by atoms with Gasteiger partial charge in [0.1, 0.15) is 11.9 Å². The molecule has 2 heterocycles. The number of fused-ring (bicyclic) bond motifs is 3. The van der Waals surface area contributed by atoms with Crippen LogP contribution < -0.4 is 10.6 Å². The highest BCUT2D eigenvalue weighted by Crippen LogP contribution is 2.27. The fourth-order valence-corrected chi connectivity index (χ4v) is 2.84. The molecule has 1 aromatic carbocycles. The minimum absolute atomic E-state index is 0.0518. The van der Waals surface area contributed by atoms with Crippen LogP contribution in [0.25, 0.3) is 16.7 Å². The fourth-order valence-electron chi connectivity index (χ4n) is 2.84. The van der Waals surface area contributed by atoms with Crippen LogP contribution in [0.1, 0.15) is 25.0 Å². The van der Waals surface area contributed by atoms with Crippen LogP contribution >= 0.6 is 0 Å². The van der Waals surface area contributed by atoms with Gasteiger partial charge < -0.3 is 10.6 Å². The summed E-state index contributed by atoms with van der Waals surface area (Å²) in [7, 11) is 0. The molecule has 2 aromatic heterocycles. The third kappa shape index (κ3) is 2.76. The number of carbonyl (C=O) groups excluding carboxylic acids is 1. The van der Waals surface area contributed by atoms with Crippen molar-refractivity contribution in [2.75, 3.05) is 18.4 Å². The number of imidazole rings is 1. The Bertz CT molecular complexity index is 951. The maximum absolute atomic E-state index is 11.0. The van der Waals surface area contributed by atoms with Crippen LogP contribution in [0.4, 0.5) is 5.82 Å². The molecule has 1 amide bonds. The summed E-state index contributed by atoms with van der Waals surface area (Å²) in [4.78, 5) is 15.6. The molecule has 6 nitrogen and oxygen atoms in total. The highest BCUT2D eigenvalue weighted by atomic mass is 16.1. The van der Waals surface area contributed by atoms with E-state index in [-0.39, 0.29) is 5.91 Å². The van der Waals surface area contributed by atoms with E-state index in [0.717, 1.165) is 28.8 Å². The molecule has 0 bridgehead atoms. The topological polar surface area (TPSA) is 82.2 Å². The van der Waals surface area contributed by atoms with E-state index in [0.29, 0.717) is 24.3 Å². The lowest BCUT2D eigenvalue weighted by molar-refractivity contribution is -0.118. The summed E-state index contributed by atoms with van der Waals surface area (Å²) in [5.41, 5.74) is 4.05. The van der Waals surface area contributed by atoms with Gasteiger partial charge in [0.15, 0.2) is 5.65 Å². The first-order valence-electron chi connectivity index (χ1n) is 7.97. The molecule has 2 N–H and O–H groups in total. The van der Waals surface area contributed by atoms with Crippen LogP contribution in [0.2, 0.25) is 0 Å². The number of rotatable bonds is 5. The molecule has 0 aliphatic heterocycles. The van der Waals surface area contributed by atoms with Crippen molar-refractivity contribution in [1.29, 1.82) is 5.26 Å². The molecule has 0 aliphatic carbocycles. The van der Waals surface area contributed by atoms with Crippen molar-refractivity contribution in [3.05, 3.63) is 41.5 Å². The highest BCUT2D eigenvalue weighted by molar-refractivity contribution is 5.85. The Morgan fingerprint density at radius 1 is 1.33 bits per heavy atom. The van der Waals surface area contributed by atoms with Gasteiger partial charge in [-0.2, -0.15) is 5.26 Å². The molecule has 0 unspecified atom stereocenters. The van der Waals surface area contributed by atoms with Crippen LogP contribution in [-0.2, 0) is 11.2 Å². The highest BCUT2D eigenvalue weighted by Gasteiger charge is 2.15. The first-order chi connectivity index (χ1) is 11.7. The number of nitrogens with zero attached hydrogens (tertiary/aromatic N) is 3. The predicted octanol–water partition coefficient (Wildman–Crippen LogP) is 2.47. The van der Waals surface area contributed by atoms with E-state index in [2.05, 4.69) is 21.7 Å². The molecule has 0 saturated carbocycles. The maximum atomic E-state index is 11.0. The van der Waals surface area contributed by atoms with Crippen LogP contribution in [0.15, 0.2) is 30.3 Å². The van der Waals surface area contributed by atoms with Gasteiger partial charge in [0.05, 0.1) is 16.6 Å². The van der Waals surface area contributed by atoms with E-state index in [4.69, 9.17) is 0 Å². The first kappa shape index (κ1) is 15.8. The number of pyridine rings is 1. The maximum Gasteiger partial charge on any atom is 0.216 e. The Morgan fingerprint density at radius 2 is 2.12 bits per heavy atom. The lowest BCUT2D eigenvalue weighted by Gasteiger charge is -2.13. The van der Waals surface area contributed by atoms with E-state index in [1.807, 2.05) is 41.7 Å². The number of hydrogen-bond acceptors (Lipinski definition) is 4. The van der Waals surface area contributed by atoms with Gasteiger partial charge in [0.2, 0.25) is 5.91 Å². The number of carbonyl (C=O) groups is 1. The van der Waals surface area contributed by atoms with Gasteiger partial charge in [0, 0.05) is 20.0 Å². The zero-order valence-corrected chi connectivity index (χ0v) is 13.8. The van der Waals surface area contributed by atoms with Crippen molar-refractivity contribution in [2.24, 2.45) is 0 Å². The molecule has 3 aromatic rings. The van der Waals surface area contributed by atoms with Gasteiger partial charge in [-0.15, -0.1) is 0 Å². The number of aromatic nitrogens is 2. The summed E-state index contributed by atoms with van der Waals surface area (Å²) in [6.07, 6.45) is 0.753. The van der Waals surface area contributed by atoms with E-state index < -0.39 is 0 Å². The molecule has 0 atom stereocenters. The van der Waals surface area contributed by atoms with Gasteiger partial charge in [-0.25, -0.2) is 4.98 Å². The Labute approximate surface area is 140 Å². The summed E-state index contributed by atoms with van der Waals surface area (Å²) >= 11 is 0. The second-order valence-corrected chi connectivity index (χ2v) is 5.56. The summed E-state index contributed by atoms with van der Waals surface area (Å²) < 4.78 is 1.97. The quantitative estimate of drug-likeness (QED) is 0.707. The number of amides is 1. The average Bonchev–Trinajstić information content (AvgIpc) is 2.97. The molecule has 3 rings (SSSR count). The largest absolute Gasteiger partial charge is 0.369 e. The number of anilines is 1. The minimum atomic E-state index is -0.0518. The molecule has 0 fully saturated rings. The van der Waals surface area contributed by atoms with Gasteiger partial charge in [0.25, 0.3) is 0 Å². The van der Waals surface area contributed by atoms with E-state index >= 15 is 0 Å². The standard InChI is InChI=1S/C18H19N5O/c1-3-13-10-17(21-9-8-20-12(2)24)23-16-7-5-4-6-15(16)22-18(23)14(13)11-19/h4-7,10,21H,3,8-9H2,1-2H3,(H,20,24). The summed E-state index contributed by atoms with van der Waals surface area (Å²) in [6, 6.07) is 12.1.